The lowest BCUT2D eigenvalue weighted by atomic mass is 10.2. The lowest BCUT2D eigenvalue weighted by Gasteiger charge is -2.36. The van der Waals surface area contributed by atoms with Crippen molar-refractivity contribution in [2.24, 2.45) is 0 Å². The molecule has 1 aliphatic heterocycles. The summed E-state index contributed by atoms with van der Waals surface area (Å²) in [7, 11) is 0. The zero-order valence-corrected chi connectivity index (χ0v) is 13.5. The first-order valence-corrected chi connectivity index (χ1v) is 7.29. The maximum absolute atomic E-state index is 12.0. The van der Waals surface area contributed by atoms with E-state index in [1.54, 1.807) is 11.1 Å². The van der Waals surface area contributed by atoms with Crippen molar-refractivity contribution in [2.45, 2.75) is 40.2 Å². The van der Waals surface area contributed by atoms with Gasteiger partial charge in [-0.3, -0.25) is 4.98 Å². The molecule has 0 bridgehead atoms. The van der Waals surface area contributed by atoms with Crippen LogP contribution in [0.3, 0.4) is 0 Å². The van der Waals surface area contributed by atoms with Crippen molar-refractivity contribution < 1.29 is 9.53 Å². The number of hydrogen-bond acceptors (Lipinski definition) is 5. The summed E-state index contributed by atoms with van der Waals surface area (Å²) in [6, 6.07) is 0. The van der Waals surface area contributed by atoms with Crippen molar-refractivity contribution in [2.75, 3.05) is 31.1 Å². The molecule has 1 aliphatic rings. The number of rotatable bonds is 1. The highest BCUT2D eigenvalue weighted by molar-refractivity contribution is 5.68. The molecule has 1 amide bonds. The highest BCUT2D eigenvalue weighted by atomic mass is 16.6. The average Bonchev–Trinajstić information content (AvgIpc) is 2.37. The van der Waals surface area contributed by atoms with Gasteiger partial charge in [0.25, 0.3) is 0 Å². The molecule has 0 saturated carbocycles. The van der Waals surface area contributed by atoms with Crippen molar-refractivity contribution in [3.05, 3.63) is 17.6 Å². The first-order chi connectivity index (χ1) is 9.76. The van der Waals surface area contributed by atoms with Crippen molar-refractivity contribution in [1.82, 2.24) is 14.9 Å². The minimum Gasteiger partial charge on any atom is -0.444 e. The Hall–Kier alpha value is -1.85. The van der Waals surface area contributed by atoms with Crippen molar-refractivity contribution >= 4 is 11.9 Å². The summed E-state index contributed by atoms with van der Waals surface area (Å²) in [6.07, 6.45) is 1.54. The maximum atomic E-state index is 12.0. The smallest absolute Gasteiger partial charge is 0.410 e. The van der Waals surface area contributed by atoms with E-state index in [2.05, 4.69) is 14.9 Å². The van der Waals surface area contributed by atoms with Gasteiger partial charge in [-0.05, 0) is 34.6 Å². The SMILES string of the molecule is Cc1cnc(N2CCN(C(=O)OC(C)(C)C)CC2)c(C)n1. The number of hydrogen-bond donors (Lipinski definition) is 0. The quantitative estimate of drug-likeness (QED) is 0.794. The van der Waals surface area contributed by atoms with Gasteiger partial charge in [-0.1, -0.05) is 0 Å². The first kappa shape index (κ1) is 15.5. The number of anilines is 1. The molecule has 116 valence electrons. The second-order valence-electron chi connectivity index (χ2n) is 6.37. The molecule has 1 aromatic rings. The van der Waals surface area contributed by atoms with Gasteiger partial charge in [0.1, 0.15) is 11.4 Å². The van der Waals surface area contributed by atoms with E-state index in [4.69, 9.17) is 4.74 Å². The molecule has 6 nitrogen and oxygen atoms in total. The summed E-state index contributed by atoms with van der Waals surface area (Å²) in [5, 5.41) is 0. The standard InChI is InChI=1S/C15H24N4O2/c1-11-10-16-13(12(2)17-11)18-6-8-19(9-7-18)14(20)21-15(3,4)5/h10H,6-9H2,1-5H3. The Balaban J connectivity index is 1.95. The highest BCUT2D eigenvalue weighted by Gasteiger charge is 2.26. The summed E-state index contributed by atoms with van der Waals surface area (Å²) >= 11 is 0. The fraction of sp³-hybridized carbons (Fsp3) is 0.667. The van der Waals surface area contributed by atoms with E-state index in [1.807, 2.05) is 34.6 Å². The number of aromatic nitrogens is 2. The lowest BCUT2D eigenvalue weighted by Crippen LogP contribution is -2.50. The van der Waals surface area contributed by atoms with Gasteiger partial charge in [0.05, 0.1) is 17.6 Å². The van der Waals surface area contributed by atoms with Crippen molar-refractivity contribution in [3.63, 3.8) is 0 Å². The van der Waals surface area contributed by atoms with E-state index in [1.165, 1.54) is 0 Å². The molecule has 1 saturated heterocycles. The second kappa shape index (κ2) is 5.87. The predicted octanol–water partition coefficient (Wildman–Crippen LogP) is 2.15. The molecule has 0 unspecified atom stereocenters. The van der Waals surface area contributed by atoms with E-state index in [9.17, 15) is 4.79 Å². The van der Waals surface area contributed by atoms with Gasteiger partial charge >= 0.3 is 6.09 Å². The van der Waals surface area contributed by atoms with E-state index in [0.717, 1.165) is 30.3 Å². The van der Waals surface area contributed by atoms with E-state index in [-0.39, 0.29) is 6.09 Å². The monoisotopic (exact) mass is 292 g/mol. The fourth-order valence-electron chi connectivity index (χ4n) is 2.33. The minimum absolute atomic E-state index is 0.242. The number of aryl methyl sites for hydroxylation is 2. The Labute approximate surface area is 126 Å². The van der Waals surface area contributed by atoms with Gasteiger partial charge in [-0.15, -0.1) is 0 Å². The molecular weight excluding hydrogens is 268 g/mol. The van der Waals surface area contributed by atoms with Gasteiger partial charge < -0.3 is 14.5 Å². The molecule has 0 spiro atoms. The number of piperazine rings is 1. The van der Waals surface area contributed by atoms with Crippen LogP contribution in [0.2, 0.25) is 0 Å². The molecule has 1 aromatic heterocycles. The van der Waals surface area contributed by atoms with Crippen LogP contribution in [0.1, 0.15) is 32.2 Å². The second-order valence-corrected chi connectivity index (χ2v) is 6.37. The third-order valence-corrected chi connectivity index (χ3v) is 3.27. The van der Waals surface area contributed by atoms with Gasteiger partial charge in [-0.2, -0.15) is 0 Å². The Bertz CT molecular complexity index is 517. The minimum atomic E-state index is -0.451. The summed E-state index contributed by atoms with van der Waals surface area (Å²) < 4.78 is 5.40. The van der Waals surface area contributed by atoms with Crippen LogP contribution in [0, 0.1) is 13.8 Å². The van der Waals surface area contributed by atoms with E-state index >= 15 is 0 Å². The predicted molar refractivity (Wildman–Crippen MR) is 81.5 cm³/mol. The number of amides is 1. The number of carbonyl (C=O) groups is 1. The zero-order valence-electron chi connectivity index (χ0n) is 13.5. The molecular formula is C15H24N4O2. The van der Waals surface area contributed by atoms with E-state index < -0.39 is 5.60 Å². The average molecular weight is 292 g/mol. The molecule has 6 heteroatoms. The Kier molecular flexibility index (Phi) is 4.34. The van der Waals surface area contributed by atoms with Crippen molar-refractivity contribution in [1.29, 1.82) is 0 Å². The summed E-state index contributed by atoms with van der Waals surface area (Å²) in [5.74, 6) is 0.907. The summed E-state index contributed by atoms with van der Waals surface area (Å²) in [6.45, 7) is 12.3. The summed E-state index contributed by atoms with van der Waals surface area (Å²) in [5.41, 5.74) is 1.40. The lowest BCUT2D eigenvalue weighted by molar-refractivity contribution is 0.0240. The largest absolute Gasteiger partial charge is 0.444 e. The van der Waals surface area contributed by atoms with Crippen LogP contribution in [0.15, 0.2) is 6.20 Å². The van der Waals surface area contributed by atoms with Gasteiger partial charge in [0.15, 0.2) is 0 Å². The molecule has 21 heavy (non-hydrogen) atoms. The number of ether oxygens (including phenoxy) is 1. The Morgan fingerprint density at radius 3 is 2.33 bits per heavy atom. The molecule has 0 atom stereocenters. The zero-order chi connectivity index (χ0) is 15.6. The highest BCUT2D eigenvalue weighted by Crippen LogP contribution is 2.18. The Morgan fingerprint density at radius 1 is 1.19 bits per heavy atom. The third-order valence-electron chi connectivity index (χ3n) is 3.27. The normalized spacial score (nSPS) is 16.0. The fourth-order valence-corrected chi connectivity index (χ4v) is 2.33. The Morgan fingerprint density at radius 2 is 1.81 bits per heavy atom. The van der Waals surface area contributed by atoms with Gasteiger partial charge in [0.2, 0.25) is 0 Å². The number of nitrogens with zero attached hydrogens (tertiary/aromatic N) is 4. The molecule has 1 fully saturated rings. The van der Waals surface area contributed by atoms with Crippen LogP contribution in [-0.4, -0.2) is 52.7 Å². The molecule has 2 heterocycles. The molecule has 0 N–H and O–H groups in total. The molecule has 0 aromatic carbocycles. The molecule has 0 aliphatic carbocycles. The van der Waals surface area contributed by atoms with Gasteiger partial charge in [0, 0.05) is 26.2 Å². The first-order valence-electron chi connectivity index (χ1n) is 7.29. The van der Waals surface area contributed by atoms with Crippen LogP contribution < -0.4 is 4.90 Å². The van der Waals surface area contributed by atoms with Crippen LogP contribution in [0.25, 0.3) is 0 Å². The number of carbonyl (C=O) groups excluding carboxylic acids is 1. The molecule has 0 radical (unpaired) electrons. The van der Waals surface area contributed by atoms with Crippen LogP contribution in [-0.2, 0) is 4.74 Å². The van der Waals surface area contributed by atoms with E-state index in [0.29, 0.717) is 13.1 Å². The maximum Gasteiger partial charge on any atom is 0.410 e. The van der Waals surface area contributed by atoms with Crippen LogP contribution in [0.5, 0.6) is 0 Å². The van der Waals surface area contributed by atoms with Crippen LogP contribution >= 0.6 is 0 Å². The van der Waals surface area contributed by atoms with Gasteiger partial charge in [-0.25, -0.2) is 9.78 Å². The van der Waals surface area contributed by atoms with Crippen LogP contribution in [0.4, 0.5) is 10.6 Å². The third kappa shape index (κ3) is 4.06. The topological polar surface area (TPSA) is 58.6 Å². The van der Waals surface area contributed by atoms with Crippen molar-refractivity contribution in [3.8, 4) is 0 Å². The summed E-state index contributed by atoms with van der Waals surface area (Å²) in [4.78, 5) is 24.8. The molecule has 2 rings (SSSR count).